The lowest BCUT2D eigenvalue weighted by molar-refractivity contribution is -0.00602. The second kappa shape index (κ2) is 7.60. The maximum atomic E-state index is 13.5. The number of nitrogens with one attached hydrogen (secondary N) is 1. The molecule has 144 valence electrons. The highest BCUT2D eigenvalue weighted by Gasteiger charge is 2.31. The monoisotopic (exact) mass is 376 g/mol. The Labute approximate surface area is 156 Å². The van der Waals surface area contributed by atoms with Crippen LogP contribution in [-0.2, 0) is 0 Å². The number of aromatic nitrogens is 1. The standard InChI is InChI=1S/C20H22F2N2O3/c1-12(11-25)24-19(26)15-7-14-8-16(27-2)9-17(18(14)23-10-15)13-3-5-20(21,22)6-4-13/h3,7-10,12,25H,4-6,11H2,1-2H3,(H,24,26). The first kappa shape index (κ1) is 19.2. The van der Waals surface area contributed by atoms with Crippen molar-refractivity contribution >= 4 is 22.4 Å². The first-order valence-electron chi connectivity index (χ1n) is 8.80. The van der Waals surface area contributed by atoms with Crippen molar-refractivity contribution in [2.75, 3.05) is 13.7 Å². The van der Waals surface area contributed by atoms with Crippen molar-refractivity contribution < 1.29 is 23.4 Å². The Kier molecular flexibility index (Phi) is 5.41. The van der Waals surface area contributed by atoms with Gasteiger partial charge < -0.3 is 15.2 Å². The van der Waals surface area contributed by atoms with E-state index < -0.39 is 5.92 Å². The van der Waals surface area contributed by atoms with Gasteiger partial charge in [-0.2, -0.15) is 0 Å². The fraction of sp³-hybridized carbons (Fsp3) is 0.400. The Morgan fingerprint density at radius 2 is 2.19 bits per heavy atom. The molecule has 0 spiro atoms. The Hall–Kier alpha value is -2.54. The lowest BCUT2D eigenvalue weighted by Gasteiger charge is -2.22. The molecule has 1 amide bonds. The minimum atomic E-state index is -2.67. The molecule has 0 bridgehead atoms. The first-order chi connectivity index (χ1) is 12.8. The van der Waals surface area contributed by atoms with Crippen molar-refractivity contribution in [2.24, 2.45) is 0 Å². The van der Waals surface area contributed by atoms with Crippen molar-refractivity contribution in [3.05, 3.63) is 41.6 Å². The van der Waals surface area contributed by atoms with Crippen LogP contribution in [0.25, 0.3) is 16.5 Å². The maximum Gasteiger partial charge on any atom is 0.253 e. The van der Waals surface area contributed by atoms with Gasteiger partial charge in [-0.25, -0.2) is 8.78 Å². The summed E-state index contributed by atoms with van der Waals surface area (Å²) in [5, 5.41) is 12.4. The van der Waals surface area contributed by atoms with Gasteiger partial charge in [-0.15, -0.1) is 0 Å². The number of benzene rings is 1. The smallest absolute Gasteiger partial charge is 0.253 e. The lowest BCUT2D eigenvalue weighted by Crippen LogP contribution is -2.35. The van der Waals surface area contributed by atoms with Crippen LogP contribution in [0.2, 0.25) is 0 Å². The van der Waals surface area contributed by atoms with E-state index in [2.05, 4.69) is 10.3 Å². The van der Waals surface area contributed by atoms with E-state index in [1.807, 2.05) is 0 Å². The first-order valence-corrected chi connectivity index (χ1v) is 8.80. The van der Waals surface area contributed by atoms with Crippen LogP contribution in [0.15, 0.2) is 30.5 Å². The predicted octanol–water partition coefficient (Wildman–Crippen LogP) is 3.56. The van der Waals surface area contributed by atoms with Crippen LogP contribution >= 0.6 is 0 Å². The second-order valence-corrected chi connectivity index (χ2v) is 6.82. The molecule has 1 unspecified atom stereocenters. The van der Waals surface area contributed by atoms with Crippen molar-refractivity contribution in [2.45, 2.75) is 38.2 Å². The molecule has 0 fully saturated rings. The van der Waals surface area contributed by atoms with Crippen molar-refractivity contribution in [1.29, 1.82) is 0 Å². The molecule has 1 atom stereocenters. The maximum absolute atomic E-state index is 13.5. The molecule has 5 nitrogen and oxygen atoms in total. The fourth-order valence-electron chi connectivity index (χ4n) is 3.10. The number of allylic oxidation sites excluding steroid dienone is 2. The molecule has 1 aromatic heterocycles. The van der Waals surface area contributed by atoms with Gasteiger partial charge in [-0.05, 0) is 37.1 Å². The largest absolute Gasteiger partial charge is 0.497 e. The fourth-order valence-corrected chi connectivity index (χ4v) is 3.10. The Morgan fingerprint density at radius 1 is 1.41 bits per heavy atom. The summed E-state index contributed by atoms with van der Waals surface area (Å²) in [6.45, 7) is 1.53. The van der Waals surface area contributed by atoms with E-state index in [9.17, 15) is 13.6 Å². The number of ether oxygens (including phenoxy) is 1. The number of aliphatic hydroxyl groups excluding tert-OH is 1. The van der Waals surface area contributed by atoms with Gasteiger partial charge in [-0.1, -0.05) is 6.08 Å². The number of nitrogens with zero attached hydrogens (tertiary/aromatic N) is 1. The molecule has 1 aliphatic rings. The molecule has 7 heteroatoms. The van der Waals surface area contributed by atoms with Crippen molar-refractivity contribution in [3.63, 3.8) is 0 Å². The molecule has 0 radical (unpaired) electrons. The molecule has 27 heavy (non-hydrogen) atoms. The highest BCUT2D eigenvalue weighted by atomic mass is 19.3. The molecule has 3 rings (SSSR count). The summed E-state index contributed by atoms with van der Waals surface area (Å²) in [5.74, 6) is -2.44. The zero-order valence-corrected chi connectivity index (χ0v) is 15.3. The van der Waals surface area contributed by atoms with Crippen molar-refractivity contribution in [1.82, 2.24) is 10.3 Å². The molecular formula is C20H22F2N2O3. The third kappa shape index (κ3) is 4.24. The minimum Gasteiger partial charge on any atom is -0.497 e. The molecule has 1 aromatic carbocycles. The molecule has 2 aromatic rings. The number of aliphatic hydroxyl groups is 1. The van der Waals surface area contributed by atoms with E-state index in [0.717, 1.165) is 11.1 Å². The van der Waals surface area contributed by atoms with Crippen molar-refractivity contribution in [3.8, 4) is 5.75 Å². The minimum absolute atomic E-state index is 0.163. The van der Waals surface area contributed by atoms with E-state index in [4.69, 9.17) is 9.84 Å². The third-order valence-corrected chi connectivity index (χ3v) is 4.66. The number of carbonyl (C=O) groups excluding carboxylic acids is 1. The number of hydrogen-bond acceptors (Lipinski definition) is 4. The van der Waals surface area contributed by atoms with Crippen LogP contribution in [0.5, 0.6) is 5.75 Å². The Bertz CT molecular complexity index is 896. The van der Waals surface area contributed by atoms with Crippen LogP contribution in [0.1, 0.15) is 42.1 Å². The summed E-state index contributed by atoms with van der Waals surface area (Å²) in [5.41, 5.74) is 2.55. The number of hydrogen-bond donors (Lipinski definition) is 2. The van der Waals surface area contributed by atoms with Gasteiger partial charge >= 0.3 is 0 Å². The lowest BCUT2D eigenvalue weighted by atomic mass is 9.90. The zero-order valence-electron chi connectivity index (χ0n) is 15.3. The number of rotatable bonds is 5. The van der Waals surface area contributed by atoms with Crippen LogP contribution in [0, 0.1) is 0 Å². The number of carbonyl (C=O) groups is 1. The molecule has 2 N–H and O–H groups in total. The zero-order chi connectivity index (χ0) is 19.6. The Morgan fingerprint density at radius 3 is 2.81 bits per heavy atom. The van der Waals surface area contributed by atoms with Gasteiger partial charge in [0.2, 0.25) is 0 Å². The molecule has 0 saturated heterocycles. The van der Waals surface area contributed by atoms with Crippen LogP contribution < -0.4 is 10.1 Å². The summed E-state index contributed by atoms with van der Waals surface area (Å²) in [4.78, 5) is 16.7. The number of methoxy groups -OCH3 is 1. The average molecular weight is 376 g/mol. The van der Waals surface area contributed by atoms with E-state index in [1.54, 1.807) is 31.2 Å². The highest BCUT2D eigenvalue weighted by molar-refractivity contribution is 6.00. The van der Waals surface area contributed by atoms with Crippen LogP contribution in [0.4, 0.5) is 8.78 Å². The van der Waals surface area contributed by atoms with Gasteiger partial charge in [0.05, 0.1) is 24.8 Å². The third-order valence-electron chi connectivity index (χ3n) is 4.66. The molecule has 0 saturated carbocycles. The van der Waals surface area contributed by atoms with Gasteiger partial charge in [0, 0.05) is 36.0 Å². The van der Waals surface area contributed by atoms with Gasteiger partial charge in [-0.3, -0.25) is 9.78 Å². The average Bonchev–Trinajstić information content (AvgIpc) is 2.66. The van der Waals surface area contributed by atoms with Crippen LogP contribution in [0.3, 0.4) is 0 Å². The number of halogens is 2. The molecule has 1 heterocycles. The van der Waals surface area contributed by atoms with E-state index in [-0.39, 0.29) is 37.8 Å². The van der Waals surface area contributed by atoms with Gasteiger partial charge in [0.25, 0.3) is 11.8 Å². The second-order valence-electron chi connectivity index (χ2n) is 6.82. The predicted molar refractivity (Wildman–Crippen MR) is 99.1 cm³/mol. The number of alkyl halides is 2. The summed E-state index contributed by atoms with van der Waals surface area (Å²) in [6.07, 6.45) is 2.78. The molecule has 0 aliphatic heterocycles. The van der Waals surface area contributed by atoms with E-state index in [1.165, 1.54) is 13.3 Å². The topological polar surface area (TPSA) is 71.5 Å². The van der Waals surface area contributed by atoms with Crippen LogP contribution in [-0.4, -0.2) is 41.7 Å². The number of amides is 1. The number of fused-ring (bicyclic) bond motifs is 1. The Balaban J connectivity index is 2.03. The van der Waals surface area contributed by atoms with E-state index >= 15 is 0 Å². The number of pyridine rings is 1. The summed E-state index contributed by atoms with van der Waals surface area (Å²) < 4.78 is 32.3. The molecular weight excluding hydrogens is 354 g/mol. The highest BCUT2D eigenvalue weighted by Crippen LogP contribution is 2.39. The molecule has 1 aliphatic carbocycles. The summed E-state index contributed by atoms with van der Waals surface area (Å²) >= 11 is 0. The SMILES string of the molecule is COc1cc(C2=CCC(F)(F)CC2)c2ncc(C(=O)NC(C)CO)cc2c1. The quantitative estimate of drug-likeness (QED) is 0.837. The van der Waals surface area contributed by atoms with Gasteiger partial charge in [0.15, 0.2) is 0 Å². The van der Waals surface area contributed by atoms with E-state index in [0.29, 0.717) is 22.2 Å². The van der Waals surface area contributed by atoms with Gasteiger partial charge in [0.1, 0.15) is 5.75 Å². The summed E-state index contributed by atoms with van der Waals surface area (Å²) in [7, 11) is 1.53. The normalized spacial score (nSPS) is 17.3. The summed E-state index contributed by atoms with van der Waals surface area (Å²) in [6, 6.07) is 4.86.